The van der Waals surface area contributed by atoms with E-state index in [-0.39, 0.29) is 5.91 Å². The molecule has 1 atom stereocenters. The number of aryl methyl sites for hydroxylation is 1. The van der Waals surface area contributed by atoms with Gasteiger partial charge < -0.3 is 15.1 Å². The molecule has 1 aliphatic heterocycles. The molecule has 2 aromatic rings. The number of nitrogens with zero attached hydrogens (tertiary/aromatic N) is 4. The van der Waals surface area contributed by atoms with Gasteiger partial charge in [-0.1, -0.05) is 12.1 Å². The van der Waals surface area contributed by atoms with Gasteiger partial charge in [0.05, 0.1) is 0 Å². The minimum absolute atomic E-state index is 0.100. The zero-order valence-electron chi connectivity index (χ0n) is 16.9. The minimum atomic E-state index is 0.100. The summed E-state index contributed by atoms with van der Waals surface area (Å²) in [5.41, 5.74) is 2.29. The Kier molecular flexibility index (Phi) is 6.76. The fourth-order valence-electron chi connectivity index (χ4n) is 3.43. The van der Waals surface area contributed by atoms with Gasteiger partial charge in [0.25, 0.3) is 0 Å². The molecule has 0 bridgehead atoms. The average Bonchev–Trinajstić information content (AvgIpc) is 2.70. The van der Waals surface area contributed by atoms with Crippen LogP contribution in [0.15, 0.2) is 48.8 Å². The van der Waals surface area contributed by atoms with Crippen molar-refractivity contribution in [3.8, 4) is 0 Å². The van der Waals surface area contributed by atoms with Crippen LogP contribution in [0, 0.1) is 6.92 Å². The van der Waals surface area contributed by atoms with Crippen molar-refractivity contribution in [2.75, 3.05) is 39.0 Å². The Morgan fingerprint density at radius 1 is 1.32 bits per heavy atom. The van der Waals surface area contributed by atoms with E-state index in [0.717, 1.165) is 49.7 Å². The molecule has 1 fully saturated rings. The number of likely N-dealkylation sites (N-methyl/N-ethyl adjacent to an activating group) is 1. The lowest BCUT2D eigenvalue weighted by Crippen LogP contribution is -2.38. The molecule has 1 saturated heterocycles. The van der Waals surface area contributed by atoms with Gasteiger partial charge in [-0.15, -0.1) is 0 Å². The quantitative estimate of drug-likeness (QED) is 0.780. The molecule has 0 spiro atoms. The van der Waals surface area contributed by atoms with Crippen molar-refractivity contribution >= 4 is 17.5 Å². The first kappa shape index (κ1) is 20.0. The van der Waals surface area contributed by atoms with Gasteiger partial charge in [-0.2, -0.15) is 0 Å². The van der Waals surface area contributed by atoms with Crippen molar-refractivity contribution in [3.05, 3.63) is 59.9 Å². The van der Waals surface area contributed by atoms with Gasteiger partial charge in [0.15, 0.2) is 0 Å². The molecule has 2 aromatic heterocycles. The first-order valence-electron chi connectivity index (χ1n) is 9.77. The number of amides is 1. The van der Waals surface area contributed by atoms with Crippen molar-refractivity contribution in [1.29, 1.82) is 0 Å². The standard InChI is InChI=1S/C22H29N5O/c1-17-7-4-11-24-22(17)25-20-15-18(10-12-23-20)19-8-5-14-27(16-19)21(28)9-6-13-26(2)3/h4,6-7,9-12,15,19H,5,8,13-14,16H2,1-3H3,(H,23,24,25)/b9-6+/t19-/m0/s1. The fraction of sp³-hybridized carbons (Fsp3) is 0.409. The zero-order valence-corrected chi connectivity index (χ0v) is 16.9. The molecule has 6 nitrogen and oxygen atoms in total. The molecule has 0 saturated carbocycles. The highest BCUT2D eigenvalue weighted by molar-refractivity contribution is 5.87. The van der Waals surface area contributed by atoms with Gasteiger partial charge in [0.1, 0.15) is 11.6 Å². The van der Waals surface area contributed by atoms with Crippen molar-refractivity contribution in [3.63, 3.8) is 0 Å². The van der Waals surface area contributed by atoms with Crippen LogP contribution in [0.5, 0.6) is 0 Å². The summed E-state index contributed by atoms with van der Waals surface area (Å²) in [4.78, 5) is 25.3. The molecule has 6 heteroatoms. The number of nitrogens with one attached hydrogen (secondary N) is 1. The van der Waals surface area contributed by atoms with Crippen molar-refractivity contribution in [2.45, 2.75) is 25.7 Å². The van der Waals surface area contributed by atoms with Crippen LogP contribution < -0.4 is 5.32 Å². The van der Waals surface area contributed by atoms with Crippen LogP contribution >= 0.6 is 0 Å². The molecular formula is C22H29N5O. The summed E-state index contributed by atoms with van der Waals surface area (Å²) in [6, 6.07) is 8.07. The van der Waals surface area contributed by atoms with E-state index >= 15 is 0 Å². The van der Waals surface area contributed by atoms with E-state index in [1.54, 1.807) is 12.3 Å². The van der Waals surface area contributed by atoms with E-state index in [9.17, 15) is 4.79 Å². The highest BCUT2D eigenvalue weighted by Gasteiger charge is 2.24. The number of aromatic nitrogens is 2. The van der Waals surface area contributed by atoms with E-state index in [2.05, 4.69) is 27.4 Å². The third kappa shape index (κ3) is 5.39. The third-order valence-corrected chi connectivity index (χ3v) is 4.98. The highest BCUT2D eigenvalue weighted by Crippen LogP contribution is 2.28. The van der Waals surface area contributed by atoms with E-state index in [4.69, 9.17) is 0 Å². The Balaban J connectivity index is 1.67. The summed E-state index contributed by atoms with van der Waals surface area (Å²) in [6.45, 7) is 4.37. The zero-order chi connectivity index (χ0) is 19.9. The molecule has 3 heterocycles. The third-order valence-electron chi connectivity index (χ3n) is 4.98. The van der Waals surface area contributed by atoms with Gasteiger partial charge >= 0.3 is 0 Å². The molecule has 1 aliphatic rings. The maximum Gasteiger partial charge on any atom is 0.246 e. The van der Waals surface area contributed by atoms with Gasteiger partial charge in [-0.3, -0.25) is 4.79 Å². The Morgan fingerprint density at radius 3 is 2.96 bits per heavy atom. The molecule has 148 valence electrons. The van der Waals surface area contributed by atoms with Crippen LogP contribution in [-0.4, -0.2) is 59.4 Å². The van der Waals surface area contributed by atoms with Crippen LogP contribution in [0.2, 0.25) is 0 Å². The summed E-state index contributed by atoms with van der Waals surface area (Å²) in [5.74, 6) is 2.03. The lowest BCUT2D eigenvalue weighted by atomic mass is 9.91. The molecular weight excluding hydrogens is 350 g/mol. The largest absolute Gasteiger partial charge is 0.339 e. The Morgan fingerprint density at radius 2 is 2.18 bits per heavy atom. The first-order valence-corrected chi connectivity index (χ1v) is 9.77. The maximum atomic E-state index is 12.5. The minimum Gasteiger partial charge on any atom is -0.339 e. The fourth-order valence-corrected chi connectivity index (χ4v) is 3.43. The Hall–Kier alpha value is -2.73. The van der Waals surface area contributed by atoms with E-state index in [0.29, 0.717) is 5.92 Å². The molecule has 3 rings (SSSR count). The SMILES string of the molecule is Cc1cccnc1Nc1cc([C@H]2CCCN(C(=O)/C=C/CN(C)C)C2)ccn1. The van der Waals surface area contributed by atoms with Crippen molar-refractivity contribution < 1.29 is 4.79 Å². The molecule has 0 radical (unpaired) electrons. The summed E-state index contributed by atoms with van der Waals surface area (Å²) in [5, 5.41) is 3.31. The smallest absolute Gasteiger partial charge is 0.246 e. The van der Waals surface area contributed by atoms with Crippen LogP contribution in [0.25, 0.3) is 0 Å². The second-order valence-corrected chi connectivity index (χ2v) is 7.56. The number of carbonyl (C=O) groups is 1. The lowest BCUT2D eigenvalue weighted by Gasteiger charge is -2.32. The van der Waals surface area contributed by atoms with E-state index in [1.807, 2.05) is 55.2 Å². The van der Waals surface area contributed by atoms with Gasteiger partial charge in [0, 0.05) is 44.0 Å². The second kappa shape index (κ2) is 9.46. The average molecular weight is 380 g/mol. The van der Waals surface area contributed by atoms with E-state index < -0.39 is 0 Å². The molecule has 0 aliphatic carbocycles. The van der Waals surface area contributed by atoms with E-state index in [1.165, 1.54) is 5.56 Å². The number of carbonyl (C=O) groups excluding carboxylic acids is 1. The van der Waals surface area contributed by atoms with Crippen molar-refractivity contribution in [1.82, 2.24) is 19.8 Å². The summed E-state index contributed by atoms with van der Waals surface area (Å²) < 4.78 is 0. The summed E-state index contributed by atoms with van der Waals surface area (Å²) in [7, 11) is 3.99. The predicted molar refractivity (Wildman–Crippen MR) is 113 cm³/mol. The van der Waals surface area contributed by atoms with Gasteiger partial charge in [-0.25, -0.2) is 9.97 Å². The van der Waals surface area contributed by atoms with Crippen LogP contribution in [-0.2, 0) is 4.79 Å². The predicted octanol–water partition coefficient (Wildman–Crippen LogP) is 3.35. The maximum absolute atomic E-state index is 12.5. The summed E-state index contributed by atoms with van der Waals surface area (Å²) in [6.07, 6.45) is 9.32. The number of hydrogen-bond acceptors (Lipinski definition) is 5. The monoisotopic (exact) mass is 379 g/mol. The topological polar surface area (TPSA) is 61.4 Å². The summed E-state index contributed by atoms with van der Waals surface area (Å²) >= 11 is 0. The van der Waals surface area contributed by atoms with Crippen LogP contribution in [0.1, 0.15) is 29.9 Å². The number of anilines is 2. The number of likely N-dealkylation sites (tertiary alicyclic amines) is 1. The lowest BCUT2D eigenvalue weighted by molar-refractivity contribution is -0.127. The molecule has 28 heavy (non-hydrogen) atoms. The van der Waals surface area contributed by atoms with Gasteiger partial charge in [0.2, 0.25) is 5.91 Å². The number of rotatable bonds is 6. The number of piperidine rings is 1. The van der Waals surface area contributed by atoms with Crippen molar-refractivity contribution in [2.24, 2.45) is 0 Å². The van der Waals surface area contributed by atoms with Crippen LogP contribution in [0.4, 0.5) is 11.6 Å². The highest BCUT2D eigenvalue weighted by atomic mass is 16.2. The molecule has 0 unspecified atom stereocenters. The molecule has 1 amide bonds. The normalized spacial score (nSPS) is 17.3. The van der Waals surface area contributed by atoms with Crippen LogP contribution in [0.3, 0.4) is 0 Å². The first-order chi connectivity index (χ1) is 13.5. The molecule has 1 N–H and O–H groups in total. The Labute approximate surface area is 167 Å². The second-order valence-electron chi connectivity index (χ2n) is 7.56. The Bertz CT molecular complexity index is 833. The number of hydrogen-bond donors (Lipinski definition) is 1. The number of pyridine rings is 2. The molecule has 0 aromatic carbocycles. The van der Waals surface area contributed by atoms with Gasteiger partial charge in [-0.05, 0) is 63.2 Å².